The molecule has 2 amide bonds. The first-order chi connectivity index (χ1) is 8.20. The highest BCUT2D eigenvalue weighted by molar-refractivity contribution is 6.08. The van der Waals surface area contributed by atoms with E-state index in [1.54, 1.807) is 7.05 Å². The first-order valence-electron chi connectivity index (χ1n) is 6.39. The number of hydrogen-bond donors (Lipinski definition) is 0. The van der Waals surface area contributed by atoms with Crippen LogP contribution < -0.4 is 0 Å². The van der Waals surface area contributed by atoms with Crippen LogP contribution in [0.4, 0.5) is 0 Å². The van der Waals surface area contributed by atoms with Gasteiger partial charge in [0.2, 0.25) is 11.8 Å². The molecule has 4 atom stereocenters. The number of fused-ring (bicyclic) bond motifs is 5. The normalized spacial score (nSPS) is 46.5. The van der Waals surface area contributed by atoms with Crippen LogP contribution in [0.1, 0.15) is 27.7 Å². The van der Waals surface area contributed by atoms with Crippen LogP contribution in [0.5, 0.6) is 0 Å². The second-order valence-electron chi connectivity index (χ2n) is 6.32. The highest BCUT2D eigenvalue weighted by atomic mass is 16.2. The lowest BCUT2D eigenvalue weighted by atomic mass is 9.66. The van der Waals surface area contributed by atoms with Crippen LogP contribution in [0.15, 0.2) is 23.3 Å². The molecule has 18 heavy (non-hydrogen) atoms. The van der Waals surface area contributed by atoms with E-state index in [0.29, 0.717) is 0 Å². The van der Waals surface area contributed by atoms with Gasteiger partial charge in [0, 0.05) is 17.9 Å². The number of carbonyl (C=O) groups excluding carboxylic acids is 2. The molecular weight excluding hydrogens is 226 g/mol. The smallest absolute Gasteiger partial charge is 0.234 e. The first-order valence-corrected chi connectivity index (χ1v) is 6.39. The van der Waals surface area contributed by atoms with Crippen molar-refractivity contribution in [3.05, 3.63) is 23.3 Å². The summed E-state index contributed by atoms with van der Waals surface area (Å²) in [5.41, 5.74) is 2.84. The van der Waals surface area contributed by atoms with E-state index in [4.69, 9.17) is 0 Å². The van der Waals surface area contributed by atoms with Crippen molar-refractivity contribution < 1.29 is 9.59 Å². The fourth-order valence-electron chi connectivity index (χ4n) is 4.58. The van der Waals surface area contributed by atoms with Crippen molar-refractivity contribution in [3.8, 4) is 0 Å². The van der Waals surface area contributed by atoms with Crippen LogP contribution in [0.2, 0.25) is 0 Å². The molecule has 0 aromatic heterocycles. The van der Waals surface area contributed by atoms with E-state index in [2.05, 4.69) is 34.3 Å². The molecule has 1 heterocycles. The Bertz CT molecular complexity index is 513. The molecule has 2 fully saturated rings. The summed E-state index contributed by atoms with van der Waals surface area (Å²) < 4.78 is 0. The number of hydrogen-bond acceptors (Lipinski definition) is 2. The zero-order valence-corrected chi connectivity index (χ0v) is 11.6. The molecule has 0 N–H and O–H groups in total. The molecule has 1 saturated heterocycles. The molecule has 1 saturated carbocycles. The summed E-state index contributed by atoms with van der Waals surface area (Å²) in [5, 5.41) is 0. The van der Waals surface area contributed by atoms with Crippen LogP contribution in [0, 0.1) is 22.7 Å². The average molecular weight is 245 g/mol. The van der Waals surface area contributed by atoms with E-state index in [9.17, 15) is 9.59 Å². The third kappa shape index (κ3) is 0.789. The van der Waals surface area contributed by atoms with E-state index >= 15 is 0 Å². The van der Waals surface area contributed by atoms with Gasteiger partial charge in [0.05, 0.1) is 11.8 Å². The first kappa shape index (κ1) is 11.7. The maximum absolute atomic E-state index is 12.4. The van der Waals surface area contributed by atoms with Gasteiger partial charge < -0.3 is 0 Å². The Kier molecular flexibility index (Phi) is 1.81. The van der Waals surface area contributed by atoms with Crippen molar-refractivity contribution in [3.63, 3.8) is 0 Å². The van der Waals surface area contributed by atoms with E-state index in [1.807, 2.05) is 0 Å². The number of imide groups is 1. The molecule has 1 aliphatic heterocycles. The summed E-state index contributed by atoms with van der Waals surface area (Å²) in [6.07, 6.45) is 0. The molecule has 3 rings (SSSR count). The summed E-state index contributed by atoms with van der Waals surface area (Å²) >= 11 is 0. The molecular formula is C15H19NO2. The molecule has 0 aromatic rings. The number of carbonyl (C=O) groups is 2. The minimum Gasteiger partial charge on any atom is -0.285 e. The van der Waals surface area contributed by atoms with Crippen LogP contribution >= 0.6 is 0 Å². The Morgan fingerprint density at radius 2 is 1.33 bits per heavy atom. The van der Waals surface area contributed by atoms with Gasteiger partial charge in [0.15, 0.2) is 0 Å². The molecule has 3 aliphatic rings. The second kappa shape index (κ2) is 2.79. The van der Waals surface area contributed by atoms with Crippen molar-refractivity contribution in [2.75, 3.05) is 7.05 Å². The summed E-state index contributed by atoms with van der Waals surface area (Å²) in [4.78, 5) is 26.1. The molecule has 96 valence electrons. The third-order valence-electron chi connectivity index (χ3n) is 6.14. The Morgan fingerprint density at radius 1 is 1.00 bits per heavy atom. The van der Waals surface area contributed by atoms with E-state index in [1.165, 1.54) is 16.0 Å². The molecule has 3 heteroatoms. The van der Waals surface area contributed by atoms with Gasteiger partial charge in [-0.05, 0) is 13.8 Å². The summed E-state index contributed by atoms with van der Waals surface area (Å²) in [7, 11) is 1.60. The van der Waals surface area contributed by atoms with Gasteiger partial charge in [0.25, 0.3) is 0 Å². The van der Waals surface area contributed by atoms with Crippen molar-refractivity contribution in [1.82, 2.24) is 4.90 Å². The van der Waals surface area contributed by atoms with Crippen molar-refractivity contribution in [2.45, 2.75) is 27.7 Å². The zero-order valence-electron chi connectivity index (χ0n) is 11.6. The number of nitrogens with zero attached hydrogens (tertiary/aromatic N) is 1. The van der Waals surface area contributed by atoms with Gasteiger partial charge in [-0.3, -0.25) is 14.5 Å². The number of allylic oxidation sites excluding steroid dienone is 3. The minimum absolute atomic E-state index is 0.0378. The Labute approximate surface area is 108 Å². The Hall–Kier alpha value is -1.38. The summed E-state index contributed by atoms with van der Waals surface area (Å²) in [5.74, 6) is -0.555. The third-order valence-corrected chi connectivity index (χ3v) is 6.14. The highest BCUT2D eigenvalue weighted by Crippen LogP contribution is 2.73. The van der Waals surface area contributed by atoms with Gasteiger partial charge in [-0.2, -0.15) is 0 Å². The van der Waals surface area contributed by atoms with Crippen molar-refractivity contribution >= 4 is 11.8 Å². The Balaban J connectivity index is 2.33. The highest BCUT2D eigenvalue weighted by Gasteiger charge is 2.73. The van der Waals surface area contributed by atoms with E-state index in [0.717, 1.165) is 5.57 Å². The number of likely N-dealkylation sites (tertiary alicyclic amines) is 1. The lowest BCUT2D eigenvalue weighted by Gasteiger charge is -2.33. The standard InChI is InChI=1S/C15H19NO2/c1-7-8(2)15(5)9(3)14(7,4)10-11(15)13(18)16(6)12(10)17/h10-11H,3H2,1-2,4-6H3/t10-,11+,14?,15?. The van der Waals surface area contributed by atoms with Crippen LogP contribution in [0.25, 0.3) is 0 Å². The molecule has 3 nitrogen and oxygen atoms in total. The quantitative estimate of drug-likeness (QED) is 0.484. The molecule has 2 aliphatic carbocycles. The van der Waals surface area contributed by atoms with Gasteiger partial charge in [-0.25, -0.2) is 0 Å². The molecule has 2 unspecified atom stereocenters. The van der Waals surface area contributed by atoms with Gasteiger partial charge in [0.1, 0.15) is 0 Å². The monoisotopic (exact) mass is 245 g/mol. The molecule has 0 spiro atoms. The van der Waals surface area contributed by atoms with Crippen LogP contribution in [0.3, 0.4) is 0 Å². The number of amides is 2. The summed E-state index contributed by atoms with van der Waals surface area (Å²) in [6, 6.07) is 0. The lowest BCUT2D eigenvalue weighted by molar-refractivity contribution is -0.139. The van der Waals surface area contributed by atoms with Gasteiger partial charge >= 0.3 is 0 Å². The van der Waals surface area contributed by atoms with E-state index in [-0.39, 0.29) is 34.5 Å². The maximum atomic E-state index is 12.4. The minimum atomic E-state index is -0.332. The molecule has 2 bridgehead atoms. The van der Waals surface area contributed by atoms with Crippen molar-refractivity contribution in [2.24, 2.45) is 22.7 Å². The van der Waals surface area contributed by atoms with Crippen LogP contribution in [-0.2, 0) is 9.59 Å². The second-order valence-corrected chi connectivity index (χ2v) is 6.32. The largest absolute Gasteiger partial charge is 0.285 e. The lowest BCUT2D eigenvalue weighted by Crippen LogP contribution is -2.35. The van der Waals surface area contributed by atoms with Crippen LogP contribution in [-0.4, -0.2) is 23.8 Å². The summed E-state index contributed by atoms with van der Waals surface area (Å²) in [6.45, 7) is 12.6. The predicted molar refractivity (Wildman–Crippen MR) is 68.5 cm³/mol. The fourth-order valence-corrected chi connectivity index (χ4v) is 4.58. The predicted octanol–water partition coefficient (Wildman–Crippen LogP) is 2.15. The topological polar surface area (TPSA) is 37.4 Å². The maximum Gasteiger partial charge on any atom is 0.234 e. The molecule has 0 aromatic carbocycles. The SMILES string of the molecule is C=C1C2(C)C(C)=C(C)C1(C)[C@H]1C(=O)N(C)C(=O)[C@H]12. The molecule has 0 radical (unpaired) electrons. The van der Waals surface area contributed by atoms with Gasteiger partial charge in [-0.15, -0.1) is 0 Å². The zero-order chi connectivity index (χ0) is 13.6. The average Bonchev–Trinajstić information content (AvgIpc) is 2.72. The van der Waals surface area contributed by atoms with Gasteiger partial charge in [-0.1, -0.05) is 37.1 Å². The fraction of sp³-hybridized carbons (Fsp3) is 0.600. The van der Waals surface area contributed by atoms with E-state index < -0.39 is 0 Å². The Morgan fingerprint density at radius 3 is 1.67 bits per heavy atom. The number of rotatable bonds is 0. The van der Waals surface area contributed by atoms with Crippen molar-refractivity contribution in [1.29, 1.82) is 0 Å².